The maximum atomic E-state index is 12.7. The summed E-state index contributed by atoms with van der Waals surface area (Å²) in [5.41, 5.74) is 0.444. The van der Waals surface area contributed by atoms with Crippen molar-refractivity contribution in [3.63, 3.8) is 0 Å². The second-order valence-electron chi connectivity index (χ2n) is 7.16. The van der Waals surface area contributed by atoms with Crippen molar-refractivity contribution in [2.45, 2.75) is 44.4 Å². The van der Waals surface area contributed by atoms with Crippen LogP contribution in [0.3, 0.4) is 0 Å². The molecule has 8 heteroatoms. The lowest BCUT2D eigenvalue weighted by atomic mass is 10.2. The molecule has 1 aromatic rings. The Bertz CT molecular complexity index is 740. The molecular weight excluding hydrogens is 330 g/mol. The summed E-state index contributed by atoms with van der Waals surface area (Å²) in [5, 5.41) is 1.77. The molecule has 24 heavy (non-hydrogen) atoms. The lowest BCUT2D eigenvalue weighted by molar-refractivity contribution is 0.0208. The molecular formula is C16H23N3O4S. The summed E-state index contributed by atoms with van der Waals surface area (Å²) in [4.78, 5) is 14.0. The average Bonchev–Trinajstić information content (AvgIpc) is 3.20. The van der Waals surface area contributed by atoms with Crippen molar-refractivity contribution in [2.75, 3.05) is 19.6 Å². The third kappa shape index (κ3) is 3.26. The summed E-state index contributed by atoms with van der Waals surface area (Å²) in [6, 6.07) is 6.79. The van der Waals surface area contributed by atoms with E-state index in [0.717, 1.165) is 5.56 Å². The molecule has 7 nitrogen and oxygen atoms in total. The fourth-order valence-electron chi connectivity index (χ4n) is 2.76. The van der Waals surface area contributed by atoms with Crippen LogP contribution >= 0.6 is 0 Å². The lowest BCUT2D eigenvalue weighted by Crippen LogP contribution is -2.44. The van der Waals surface area contributed by atoms with Gasteiger partial charge < -0.3 is 9.64 Å². The first-order valence-electron chi connectivity index (χ1n) is 7.95. The number of carbonyl (C=O) groups is 1. The fraction of sp³-hybridized carbons (Fsp3) is 0.562. The Kier molecular flexibility index (Phi) is 4.09. The average molecular weight is 353 g/mol. The number of aryl methyl sites for hydroxylation is 1. The predicted octanol–water partition coefficient (Wildman–Crippen LogP) is 1.79. The van der Waals surface area contributed by atoms with E-state index in [0.29, 0.717) is 19.6 Å². The third-order valence-electron chi connectivity index (χ3n) is 4.00. The molecule has 1 aromatic carbocycles. The van der Waals surface area contributed by atoms with Gasteiger partial charge in [0.15, 0.2) is 0 Å². The largest absolute Gasteiger partial charge is 0.444 e. The van der Waals surface area contributed by atoms with E-state index in [-0.39, 0.29) is 11.1 Å². The molecule has 3 atom stereocenters. The van der Waals surface area contributed by atoms with Crippen LogP contribution in [0.5, 0.6) is 0 Å². The summed E-state index contributed by atoms with van der Waals surface area (Å²) in [7, 11) is -3.57. The monoisotopic (exact) mass is 353 g/mol. The van der Waals surface area contributed by atoms with Gasteiger partial charge in [0.1, 0.15) is 11.8 Å². The number of rotatable bonds is 2. The molecule has 2 heterocycles. The van der Waals surface area contributed by atoms with Gasteiger partial charge in [0, 0.05) is 13.1 Å². The molecule has 1 amide bonds. The molecule has 2 aliphatic heterocycles. The quantitative estimate of drug-likeness (QED) is 0.758. The van der Waals surface area contributed by atoms with Crippen LogP contribution in [0.2, 0.25) is 0 Å². The van der Waals surface area contributed by atoms with E-state index in [2.05, 4.69) is 0 Å². The van der Waals surface area contributed by atoms with Crippen molar-refractivity contribution in [1.82, 2.24) is 14.3 Å². The molecule has 132 valence electrons. The van der Waals surface area contributed by atoms with Gasteiger partial charge in [0.2, 0.25) is 0 Å². The van der Waals surface area contributed by atoms with Crippen LogP contribution < -0.4 is 0 Å². The van der Waals surface area contributed by atoms with Gasteiger partial charge in [-0.3, -0.25) is 0 Å². The minimum absolute atomic E-state index is 0.270. The van der Waals surface area contributed by atoms with Gasteiger partial charge in [-0.2, -0.15) is 0 Å². The van der Waals surface area contributed by atoms with Crippen molar-refractivity contribution in [3.05, 3.63) is 29.8 Å². The Labute approximate surface area is 142 Å². The van der Waals surface area contributed by atoms with E-state index in [1.54, 1.807) is 34.2 Å². The molecule has 0 saturated carbocycles. The number of ether oxygens (including phenoxy) is 1. The zero-order valence-electron chi connectivity index (χ0n) is 14.4. The third-order valence-corrected chi connectivity index (χ3v) is 5.81. The van der Waals surface area contributed by atoms with Crippen molar-refractivity contribution in [3.8, 4) is 0 Å². The minimum atomic E-state index is -3.57. The first-order chi connectivity index (χ1) is 11.1. The predicted molar refractivity (Wildman–Crippen MR) is 88.5 cm³/mol. The van der Waals surface area contributed by atoms with Crippen LogP contribution in [-0.4, -0.2) is 60.2 Å². The molecule has 0 N–H and O–H groups in total. The zero-order valence-corrected chi connectivity index (χ0v) is 15.2. The number of hydrazine groups is 1. The Hall–Kier alpha value is -1.64. The summed E-state index contributed by atoms with van der Waals surface area (Å²) in [6.45, 7) is 8.60. The number of sulfonamides is 1. The number of nitrogens with zero attached hydrogens (tertiary/aromatic N) is 3. The Balaban J connectivity index is 1.70. The van der Waals surface area contributed by atoms with Gasteiger partial charge in [-0.05, 0) is 39.8 Å². The summed E-state index contributed by atoms with van der Waals surface area (Å²) >= 11 is 0. The van der Waals surface area contributed by atoms with Crippen LogP contribution in [0.25, 0.3) is 0 Å². The van der Waals surface area contributed by atoms with E-state index in [1.165, 1.54) is 4.41 Å². The Morgan fingerprint density at radius 2 is 1.79 bits per heavy atom. The van der Waals surface area contributed by atoms with Gasteiger partial charge >= 0.3 is 6.09 Å². The topological polar surface area (TPSA) is 69.7 Å². The smallest absolute Gasteiger partial charge is 0.410 e. The van der Waals surface area contributed by atoms with Gasteiger partial charge in [-0.25, -0.2) is 18.2 Å². The maximum Gasteiger partial charge on any atom is 0.410 e. The van der Waals surface area contributed by atoms with Crippen molar-refractivity contribution < 1.29 is 17.9 Å². The normalized spacial score (nSPS) is 26.7. The Morgan fingerprint density at radius 1 is 1.17 bits per heavy atom. The van der Waals surface area contributed by atoms with Crippen LogP contribution in [-0.2, 0) is 14.8 Å². The molecule has 3 rings (SSSR count). The molecule has 0 radical (unpaired) electrons. The summed E-state index contributed by atoms with van der Waals surface area (Å²) in [6.07, 6.45) is -0.709. The number of hydrogen-bond donors (Lipinski definition) is 0. The van der Waals surface area contributed by atoms with Gasteiger partial charge in [0.05, 0.1) is 11.4 Å². The van der Waals surface area contributed by atoms with Crippen LogP contribution in [0, 0.1) is 6.92 Å². The number of amides is 1. The fourth-order valence-corrected chi connectivity index (χ4v) is 4.38. The highest BCUT2D eigenvalue weighted by atomic mass is 32.2. The van der Waals surface area contributed by atoms with Crippen molar-refractivity contribution >= 4 is 16.1 Å². The van der Waals surface area contributed by atoms with Crippen molar-refractivity contribution in [2.24, 2.45) is 0 Å². The second kappa shape index (κ2) is 5.72. The standard InChI is InChI=1S/C16H23N3O4S/c1-12-5-7-13(8-6-12)24(21,22)19-14-11-17(9-10-18(14)19)15(20)23-16(2,3)4/h5-8,14H,9-11H2,1-4H3. The SMILES string of the molecule is Cc1ccc(S(=O)(=O)N2C3CN(C(=O)OC(C)(C)C)CCN32)cc1. The highest BCUT2D eigenvalue weighted by molar-refractivity contribution is 7.89. The summed E-state index contributed by atoms with van der Waals surface area (Å²) in [5.74, 6) is 0. The number of piperazine rings is 1. The van der Waals surface area contributed by atoms with Gasteiger partial charge in [0.25, 0.3) is 10.0 Å². The Morgan fingerprint density at radius 3 is 2.38 bits per heavy atom. The molecule has 2 aliphatic rings. The van der Waals surface area contributed by atoms with E-state index in [1.807, 2.05) is 27.7 Å². The number of benzene rings is 1. The summed E-state index contributed by atoms with van der Waals surface area (Å²) < 4.78 is 32.2. The highest BCUT2D eigenvalue weighted by Crippen LogP contribution is 2.37. The molecule has 0 aromatic heterocycles. The lowest BCUT2D eigenvalue weighted by Gasteiger charge is -2.28. The molecule has 2 saturated heterocycles. The molecule has 0 bridgehead atoms. The number of carbonyl (C=O) groups excluding carboxylic acids is 1. The van der Waals surface area contributed by atoms with E-state index < -0.39 is 21.7 Å². The van der Waals surface area contributed by atoms with E-state index in [4.69, 9.17) is 4.74 Å². The number of fused-ring (bicyclic) bond motifs is 1. The molecule has 3 unspecified atom stereocenters. The van der Waals surface area contributed by atoms with Crippen LogP contribution in [0.15, 0.2) is 29.2 Å². The van der Waals surface area contributed by atoms with Gasteiger partial charge in [-0.1, -0.05) is 17.7 Å². The maximum absolute atomic E-state index is 12.7. The van der Waals surface area contributed by atoms with Crippen molar-refractivity contribution in [1.29, 1.82) is 0 Å². The zero-order chi connectivity index (χ0) is 17.7. The first kappa shape index (κ1) is 17.2. The van der Waals surface area contributed by atoms with E-state index >= 15 is 0 Å². The number of hydrogen-bond acceptors (Lipinski definition) is 5. The highest BCUT2D eigenvalue weighted by Gasteiger charge is 2.57. The minimum Gasteiger partial charge on any atom is -0.444 e. The molecule has 0 aliphatic carbocycles. The second-order valence-corrected chi connectivity index (χ2v) is 8.96. The van der Waals surface area contributed by atoms with Crippen LogP contribution in [0.4, 0.5) is 4.79 Å². The van der Waals surface area contributed by atoms with E-state index in [9.17, 15) is 13.2 Å². The molecule has 2 fully saturated rings. The van der Waals surface area contributed by atoms with Crippen LogP contribution in [0.1, 0.15) is 26.3 Å². The molecule has 0 spiro atoms. The first-order valence-corrected chi connectivity index (χ1v) is 9.39. The van der Waals surface area contributed by atoms with Gasteiger partial charge in [-0.15, -0.1) is 4.41 Å².